The summed E-state index contributed by atoms with van der Waals surface area (Å²) < 4.78 is 67.9. The van der Waals surface area contributed by atoms with Crippen LogP contribution in [0.5, 0.6) is 0 Å². The zero-order chi connectivity index (χ0) is 24.4. The molecule has 1 N–H and O–H groups in total. The van der Waals surface area contributed by atoms with Crippen molar-refractivity contribution in [2.75, 3.05) is 18.5 Å². The molecule has 1 aliphatic rings. The fraction of sp³-hybridized carbons (Fsp3) is 0.545. The van der Waals surface area contributed by atoms with Gasteiger partial charge in [0.1, 0.15) is 9.64 Å². The number of ether oxygens (including phenoxy) is 2. The maximum absolute atomic E-state index is 14.1. The van der Waals surface area contributed by atoms with E-state index in [4.69, 9.17) is 14.0 Å². The van der Waals surface area contributed by atoms with Gasteiger partial charge in [-0.3, -0.25) is 10.1 Å². The van der Waals surface area contributed by atoms with Crippen LogP contribution in [0.4, 0.5) is 14.7 Å². The first kappa shape index (κ1) is 25.3. The number of halogens is 2. The van der Waals surface area contributed by atoms with Gasteiger partial charge < -0.3 is 14.0 Å². The number of hydrogen-bond donors (Lipinski definition) is 1. The minimum Gasteiger partial charge on any atom is -0.353 e. The van der Waals surface area contributed by atoms with E-state index in [1.54, 1.807) is 0 Å². The quantitative estimate of drug-likeness (QED) is 0.602. The predicted molar refractivity (Wildman–Crippen MR) is 115 cm³/mol. The smallest absolute Gasteiger partial charge is 0.248 e. The normalized spacial score (nSPS) is 17.7. The SMILES string of the molecule is CC(C)(COC1CCCCO1)c1cc(NC(=O)C(C)(C)S(=O)(=O)c2cccc(F)c2F)on1. The summed E-state index contributed by atoms with van der Waals surface area (Å²) in [5, 5.41) is 6.32. The van der Waals surface area contributed by atoms with Gasteiger partial charge in [-0.25, -0.2) is 17.2 Å². The first-order valence-corrected chi connectivity index (χ1v) is 12.0. The Balaban J connectivity index is 1.71. The summed E-state index contributed by atoms with van der Waals surface area (Å²) in [5.41, 5.74) is -0.106. The molecule has 2 aromatic rings. The molecule has 182 valence electrons. The molecule has 0 radical (unpaired) electrons. The molecule has 0 bridgehead atoms. The van der Waals surface area contributed by atoms with Gasteiger partial charge in [-0.1, -0.05) is 25.1 Å². The van der Waals surface area contributed by atoms with Gasteiger partial charge in [-0.15, -0.1) is 0 Å². The number of sulfone groups is 1. The number of nitrogens with zero attached hydrogens (tertiary/aromatic N) is 1. The molecule has 8 nitrogen and oxygen atoms in total. The molecule has 11 heteroatoms. The summed E-state index contributed by atoms with van der Waals surface area (Å²) in [5.74, 6) is -3.93. The number of aromatic nitrogens is 1. The van der Waals surface area contributed by atoms with Crippen LogP contribution >= 0.6 is 0 Å². The van der Waals surface area contributed by atoms with Crippen LogP contribution in [0.15, 0.2) is 33.7 Å². The third-order valence-corrected chi connectivity index (χ3v) is 8.06. The number of carbonyl (C=O) groups is 1. The topological polar surface area (TPSA) is 108 Å². The van der Waals surface area contributed by atoms with Crippen molar-refractivity contribution in [1.82, 2.24) is 5.16 Å². The average Bonchev–Trinajstić information content (AvgIpc) is 3.24. The maximum atomic E-state index is 14.1. The minimum atomic E-state index is -4.58. The Morgan fingerprint density at radius 3 is 2.64 bits per heavy atom. The second-order valence-electron chi connectivity index (χ2n) is 9.09. The molecule has 33 heavy (non-hydrogen) atoms. The minimum absolute atomic E-state index is 0.0834. The lowest BCUT2D eigenvalue weighted by Crippen LogP contribution is -2.44. The van der Waals surface area contributed by atoms with Gasteiger partial charge in [0.2, 0.25) is 11.8 Å². The van der Waals surface area contributed by atoms with Gasteiger partial charge in [0.25, 0.3) is 0 Å². The van der Waals surface area contributed by atoms with Crippen LogP contribution in [0, 0.1) is 11.6 Å². The van der Waals surface area contributed by atoms with Gasteiger partial charge in [0.15, 0.2) is 27.8 Å². The third kappa shape index (κ3) is 5.25. The Labute approximate surface area is 191 Å². The molecule has 2 heterocycles. The molecule has 3 rings (SSSR count). The van der Waals surface area contributed by atoms with Crippen LogP contribution in [0.1, 0.15) is 52.7 Å². The number of nitrogens with one attached hydrogen (secondary N) is 1. The van der Waals surface area contributed by atoms with Crippen LogP contribution < -0.4 is 5.32 Å². The fourth-order valence-electron chi connectivity index (χ4n) is 3.22. The van der Waals surface area contributed by atoms with Crippen molar-refractivity contribution < 1.29 is 36.0 Å². The van der Waals surface area contributed by atoms with E-state index in [1.165, 1.54) is 6.07 Å². The van der Waals surface area contributed by atoms with Gasteiger partial charge >= 0.3 is 0 Å². The van der Waals surface area contributed by atoms with Gasteiger partial charge in [-0.05, 0) is 45.2 Å². The van der Waals surface area contributed by atoms with Gasteiger partial charge in [0.05, 0.1) is 12.3 Å². The van der Waals surface area contributed by atoms with E-state index in [0.29, 0.717) is 12.3 Å². The molecule has 1 unspecified atom stereocenters. The van der Waals surface area contributed by atoms with Crippen molar-refractivity contribution in [2.45, 2.75) is 68.3 Å². The van der Waals surface area contributed by atoms with E-state index in [2.05, 4.69) is 10.5 Å². The van der Waals surface area contributed by atoms with E-state index in [-0.39, 0.29) is 18.8 Å². The molecule has 0 saturated carbocycles. The number of amides is 1. The lowest BCUT2D eigenvalue weighted by Gasteiger charge is -2.28. The van der Waals surface area contributed by atoms with Crippen molar-refractivity contribution in [1.29, 1.82) is 0 Å². The summed E-state index contributed by atoms with van der Waals surface area (Å²) in [4.78, 5) is 11.9. The molecule has 1 aliphatic heterocycles. The molecule has 1 fully saturated rings. The van der Waals surface area contributed by atoms with E-state index in [1.807, 2.05) is 13.8 Å². The highest BCUT2D eigenvalue weighted by Crippen LogP contribution is 2.31. The first-order valence-electron chi connectivity index (χ1n) is 10.6. The largest absolute Gasteiger partial charge is 0.353 e. The summed E-state index contributed by atoms with van der Waals surface area (Å²) in [6, 6.07) is 4.23. The lowest BCUT2D eigenvalue weighted by molar-refractivity contribution is -0.170. The fourth-order valence-corrected chi connectivity index (χ4v) is 4.66. The van der Waals surface area contributed by atoms with E-state index >= 15 is 0 Å². The summed E-state index contributed by atoms with van der Waals surface area (Å²) in [6.45, 7) is 6.89. The average molecular weight is 487 g/mol. The Bertz CT molecular complexity index is 1110. The van der Waals surface area contributed by atoms with Crippen molar-refractivity contribution in [3.63, 3.8) is 0 Å². The second-order valence-corrected chi connectivity index (χ2v) is 11.6. The monoisotopic (exact) mass is 486 g/mol. The highest BCUT2D eigenvalue weighted by Gasteiger charge is 2.45. The zero-order valence-corrected chi connectivity index (χ0v) is 19.8. The molecule has 1 atom stereocenters. The molecule has 1 aromatic heterocycles. The van der Waals surface area contributed by atoms with Crippen LogP contribution in [-0.4, -0.2) is 43.7 Å². The molecular formula is C22H28F2N2O6S. The maximum Gasteiger partial charge on any atom is 0.248 e. The predicted octanol–water partition coefficient (Wildman–Crippen LogP) is 3.96. The Morgan fingerprint density at radius 2 is 1.97 bits per heavy atom. The number of carbonyl (C=O) groups excluding carboxylic acids is 1. The standard InChI is InChI=1S/C22H28F2N2O6S/c1-21(2,13-31-18-10-5-6-11-30-18)16-12-17(32-26-16)25-20(27)22(3,4)33(28,29)15-9-7-8-14(23)19(15)24/h7-9,12,18H,5-6,10-11,13H2,1-4H3,(H,25,27). The van der Waals surface area contributed by atoms with Crippen LogP contribution in [-0.2, 0) is 29.5 Å². The zero-order valence-electron chi connectivity index (χ0n) is 19.0. The van der Waals surface area contributed by atoms with Crippen molar-refractivity contribution in [3.8, 4) is 0 Å². The second kappa shape index (κ2) is 9.47. The molecular weight excluding hydrogens is 458 g/mol. The Morgan fingerprint density at radius 1 is 1.24 bits per heavy atom. The molecule has 0 spiro atoms. The molecule has 1 amide bonds. The lowest BCUT2D eigenvalue weighted by atomic mass is 9.90. The van der Waals surface area contributed by atoms with Crippen molar-refractivity contribution in [3.05, 3.63) is 41.6 Å². The number of hydrogen-bond acceptors (Lipinski definition) is 7. The first-order chi connectivity index (χ1) is 15.4. The highest BCUT2D eigenvalue weighted by molar-refractivity contribution is 7.93. The van der Waals surface area contributed by atoms with Crippen LogP contribution in [0.3, 0.4) is 0 Å². The van der Waals surface area contributed by atoms with Crippen LogP contribution in [0.2, 0.25) is 0 Å². The summed E-state index contributed by atoms with van der Waals surface area (Å²) in [7, 11) is -4.58. The number of benzene rings is 1. The highest BCUT2D eigenvalue weighted by atomic mass is 32.2. The van der Waals surface area contributed by atoms with Crippen molar-refractivity contribution in [2.24, 2.45) is 0 Å². The van der Waals surface area contributed by atoms with Gasteiger partial charge in [0, 0.05) is 18.1 Å². The summed E-state index contributed by atoms with van der Waals surface area (Å²) in [6.07, 6.45) is 2.57. The Kier molecular flexibility index (Phi) is 7.25. The summed E-state index contributed by atoms with van der Waals surface area (Å²) >= 11 is 0. The molecule has 0 aliphatic carbocycles. The molecule has 1 saturated heterocycles. The number of anilines is 1. The van der Waals surface area contributed by atoms with Crippen molar-refractivity contribution >= 4 is 21.6 Å². The van der Waals surface area contributed by atoms with Crippen LogP contribution in [0.25, 0.3) is 0 Å². The number of rotatable bonds is 8. The van der Waals surface area contributed by atoms with E-state index in [9.17, 15) is 22.0 Å². The molecule has 1 aromatic carbocycles. The van der Waals surface area contributed by atoms with Gasteiger partial charge in [-0.2, -0.15) is 0 Å². The Hall–Kier alpha value is -2.37. The third-order valence-electron chi connectivity index (χ3n) is 5.63. The van der Waals surface area contributed by atoms with E-state index < -0.39 is 42.4 Å². The van der Waals surface area contributed by atoms with E-state index in [0.717, 1.165) is 51.3 Å².